The number of para-hydroxylation sites is 2. The van der Waals surface area contributed by atoms with Gasteiger partial charge in [-0.1, -0.05) is 12.1 Å². The zero-order valence-electron chi connectivity index (χ0n) is 13.1. The number of H-pyrrole nitrogens is 1. The molecule has 1 aromatic carbocycles. The maximum absolute atomic E-state index is 12.0. The van der Waals surface area contributed by atoms with E-state index in [-0.39, 0.29) is 11.2 Å². The molecule has 0 aliphatic heterocycles. The molecule has 0 spiro atoms. The van der Waals surface area contributed by atoms with Crippen molar-refractivity contribution in [3.05, 3.63) is 48.3 Å². The predicted molar refractivity (Wildman–Crippen MR) is 92.0 cm³/mol. The highest BCUT2D eigenvalue weighted by atomic mass is 32.2. The van der Waals surface area contributed by atoms with Crippen molar-refractivity contribution in [3.63, 3.8) is 0 Å². The first kappa shape index (κ1) is 15.6. The standard InChI is InChI=1S/C16H19N5OS/c1-11(16-19-12-5-3-4-6-13(12)20-16)23-10-15(22)18-9-14-17-7-8-21(14)2/h3-8,11H,9-10H2,1-2H3,(H,18,22)(H,19,20)/t11-/m1/s1. The second kappa shape index (κ2) is 6.87. The molecule has 23 heavy (non-hydrogen) atoms. The van der Waals surface area contributed by atoms with Crippen LogP contribution >= 0.6 is 11.8 Å². The van der Waals surface area contributed by atoms with E-state index >= 15 is 0 Å². The number of hydrogen-bond acceptors (Lipinski definition) is 4. The van der Waals surface area contributed by atoms with Crippen LogP contribution in [0.1, 0.15) is 23.8 Å². The maximum atomic E-state index is 12.0. The molecule has 120 valence electrons. The predicted octanol–water partition coefficient (Wildman–Crippen LogP) is 2.41. The molecule has 0 fully saturated rings. The van der Waals surface area contributed by atoms with Gasteiger partial charge in [-0.2, -0.15) is 0 Å². The van der Waals surface area contributed by atoms with Gasteiger partial charge in [0.2, 0.25) is 5.91 Å². The van der Waals surface area contributed by atoms with Gasteiger partial charge in [0.1, 0.15) is 11.6 Å². The van der Waals surface area contributed by atoms with E-state index in [1.807, 2.05) is 42.1 Å². The number of carbonyl (C=O) groups is 1. The Hall–Kier alpha value is -2.28. The number of imidazole rings is 2. The summed E-state index contributed by atoms with van der Waals surface area (Å²) < 4.78 is 1.89. The number of nitrogens with zero attached hydrogens (tertiary/aromatic N) is 3. The molecule has 6 nitrogen and oxygen atoms in total. The van der Waals surface area contributed by atoms with Crippen LogP contribution in [0.4, 0.5) is 0 Å². The highest BCUT2D eigenvalue weighted by Gasteiger charge is 2.13. The van der Waals surface area contributed by atoms with Crippen LogP contribution in [0.15, 0.2) is 36.7 Å². The van der Waals surface area contributed by atoms with Crippen molar-refractivity contribution in [1.82, 2.24) is 24.8 Å². The summed E-state index contributed by atoms with van der Waals surface area (Å²) in [6.45, 7) is 2.50. The van der Waals surface area contributed by atoms with Crippen LogP contribution in [0.5, 0.6) is 0 Å². The number of aromatic nitrogens is 4. The minimum atomic E-state index is 0.000890. The van der Waals surface area contributed by atoms with Crippen molar-refractivity contribution in [1.29, 1.82) is 0 Å². The zero-order valence-corrected chi connectivity index (χ0v) is 13.9. The van der Waals surface area contributed by atoms with Crippen molar-refractivity contribution in [2.75, 3.05) is 5.75 Å². The molecule has 0 aliphatic carbocycles. The lowest BCUT2D eigenvalue weighted by Gasteiger charge is -2.09. The molecular formula is C16H19N5OS. The number of carbonyl (C=O) groups excluding carboxylic acids is 1. The Labute approximate surface area is 138 Å². The average Bonchev–Trinajstić information content (AvgIpc) is 3.16. The topological polar surface area (TPSA) is 75.6 Å². The van der Waals surface area contributed by atoms with Crippen molar-refractivity contribution in [2.24, 2.45) is 7.05 Å². The van der Waals surface area contributed by atoms with Crippen LogP contribution < -0.4 is 5.32 Å². The first-order valence-corrected chi connectivity index (χ1v) is 8.47. The lowest BCUT2D eigenvalue weighted by Crippen LogP contribution is -2.26. The van der Waals surface area contributed by atoms with Crippen LogP contribution in [-0.4, -0.2) is 31.2 Å². The van der Waals surface area contributed by atoms with E-state index in [1.165, 1.54) is 0 Å². The van der Waals surface area contributed by atoms with Crippen LogP contribution in [-0.2, 0) is 18.4 Å². The van der Waals surface area contributed by atoms with Crippen LogP contribution in [0.25, 0.3) is 11.0 Å². The number of aryl methyl sites for hydroxylation is 1. The molecule has 7 heteroatoms. The first-order chi connectivity index (χ1) is 11.1. The molecular weight excluding hydrogens is 310 g/mol. The summed E-state index contributed by atoms with van der Waals surface area (Å²) in [4.78, 5) is 24.0. The van der Waals surface area contributed by atoms with Crippen molar-refractivity contribution in [3.8, 4) is 0 Å². The van der Waals surface area contributed by atoms with E-state index in [2.05, 4.69) is 27.2 Å². The average molecular weight is 329 g/mol. The maximum Gasteiger partial charge on any atom is 0.230 e. The van der Waals surface area contributed by atoms with Gasteiger partial charge in [0.25, 0.3) is 0 Å². The lowest BCUT2D eigenvalue weighted by atomic mass is 10.3. The Morgan fingerprint density at radius 2 is 2.26 bits per heavy atom. The largest absolute Gasteiger partial charge is 0.348 e. The van der Waals surface area contributed by atoms with Gasteiger partial charge in [0.05, 0.1) is 28.6 Å². The minimum Gasteiger partial charge on any atom is -0.348 e. The summed E-state index contributed by atoms with van der Waals surface area (Å²) >= 11 is 1.56. The third-order valence-electron chi connectivity index (χ3n) is 3.62. The van der Waals surface area contributed by atoms with Gasteiger partial charge in [-0.15, -0.1) is 11.8 Å². The van der Waals surface area contributed by atoms with Crippen LogP contribution in [0.2, 0.25) is 0 Å². The van der Waals surface area contributed by atoms with E-state index in [4.69, 9.17) is 0 Å². The fraction of sp³-hybridized carbons (Fsp3) is 0.312. The number of hydrogen-bond donors (Lipinski definition) is 2. The number of nitrogens with one attached hydrogen (secondary N) is 2. The number of amides is 1. The van der Waals surface area contributed by atoms with Crippen molar-refractivity contribution >= 4 is 28.7 Å². The van der Waals surface area contributed by atoms with Gasteiger partial charge in [0.15, 0.2) is 0 Å². The van der Waals surface area contributed by atoms with E-state index in [1.54, 1.807) is 18.0 Å². The summed E-state index contributed by atoms with van der Waals surface area (Å²) in [5, 5.41) is 3.01. The fourth-order valence-corrected chi connectivity index (χ4v) is 3.01. The highest BCUT2D eigenvalue weighted by Crippen LogP contribution is 2.27. The number of rotatable bonds is 6. The van der Waals surface area contributed by atoms with E-state index < -0.39 is 0 Å². The quantitative estimate of drug-likeness (QED) is 0.728. The van der Waals surface area contributed by atoms with Crippen LogP contribution in [0, 0.1) is 0 Å². The number of fused-ring (bicyclic) bond motifs is 1. The van der Waals surface area contributed by atoms with Crippen molar-refractivity contribution < 1.29 is 4.79 Å². The van der Waals surface area contributed by atoms with Gasteiger partial charge >= 0.3 is 0 Å². The van der Waals surface area contributed by atoms with Crippen LogP contribution in [0.3, 0.4) is 0 Å². The minimum absolute atomic E-state index is 0.000890. The van der Waals surface area contributed by atoms with Gasteiger partial charge < -0.3 is 14.9 Å². The third kappa shape index (κ3) is 3.73. The molecule has 2 aromatic heterocycles. The van der Waals surface area contributed by atoms with Gasteiger partial charge in [-0.3, -0.25) is 4.79 Å². The van der Waals surface area contributed by atoms with Gasteiger partial charge in [0, 0.05) is 19.4 Å². The normalized spacial score (nSPS) is 12.4. The molecule has 1 amide bonds. The molecule has 0 bridgehead atoms. The Morgan fingerprint density at radius 3 is 3.00 bits per heavy atom. The summed E-state index contributed by atoms with van der Waals surface area (Å²) in [5.74, 6) is 2.13. The molecule has 0 radical (unpaired) electrons. The smallest absolute Gasteiger partial charge is 0.230 e. The summed E-state index contributed by atoms with van der Waals surface area (Å²) in [5.41, 5.74) is 1.98. The molecule has 1 atom stereocenters. The van der Waals surface area contributed by atoms with E-state index in [0.29, 0.717) is 12.3 Å². The number of benzene rings is 1. The van der Waals surface area contributed by atoms with Crippen molar-refractivity contribution in [2.45, 2.75) is 18.7 Å². The molecule has 2 heterocycles. The third-order valence-corrected chi connectivity index (χ3v) is 4.77. The lowest BCUT2D eigenvalue weighted by molar-refractivity contribution is -0.118. The zero-order chi connectivity index (χ0) is 16.2. The second-order valence-electron chi connectivity index (χ2n) is 5.32. The fourth-order valence-electron chi connectivity index (χ4n) is 2.24. The SMILES string of the molecule is C[C@@H](SCC(=O)NCc1nccn1C)c1nc2ccccc2[nH]1. The Balaban J connectivity index is 1.51. The summed E-state index contributed by atoms with van der Waals surface area (Å²) in [6.07, 6.45) is 3.58. The van der Waals surface area contributed by atoms with Gasteiger partial charge in [-0.05, 0) is 19.1 Å². The number of aromatic amines is 1. The monoisotopic (exact) mass is 329 g/mol. The molecule has 2 N–H and O–H groups in total. The highest BCUT2D eigenvalue weighted by molar-refractivity contribution is 8.00. The molecule has 0 saturated heterocycles. The van der Waals surface area contributed by atoms with E-state index in [9.17, 15) is 4.79 Å². The second-order valence-corrected chi connectivity index (χ2v) is 6.65. The van der Waals surface area contributed by atoms with E-state index in [0.717, 1.165) is 22.7 Å². The molecule has 0 unspecified atom stereocenters. The Bertz CT molecular complexity index is 777. The Morgan fingerprint density at radius 1 is 1.43 bits per heavy atom. The summed E-state index contributed by atoms with van der Waals surface area (Å²) in [6, 6.07) is 7.93. The Kier molecular flexibility index (Phi) is 4.66. The number of thioether (sulfide) groups is 1. The summed E-state index contributed by atoms with van der Waals surface area (Å²) in [7, 11) is 1.91. The first-order valence-electron chi connectivity index (χ1n) is 7.42. The molecule has 3 rings (SSSR count). The van der Waals surface area contributed by atoms with Gasteiger partial charge in [-0.25, -0.2) is 9.97 Å². The molecule has 0 saturated carbocycles. The molecule has 0 aliphatic rings. The molecule has 3 aromatic rings.